The van der Waals surface area contributed by atoms with E-state index in [0.717, 1.165) is 16.0 Å². The molecule has 2 aromatic carbocycles. The lowest BCUT2D eigenvalue weighted by Crippen LogP contribution is -2.42. The molecule has 0 unspecified atom stereocenters. The van der Waals surface area contributed by atoms with Gasteiger partial charge < -0.3 is 15.0 Å². The quantitative estimate of drug-likeness (QED) is 0.543. The summed E-state index contributed by atoms with van der Waals surface area (Å²) in [5, 5.41) is 2.64. The van der Waals surface area contributed by atoms with Crippen molar-refractivity contribution < 1.29 is 23.9 Å². The van der Waals surface area contributed by atoms with Gasteiger partial charge in [0.15, 0.2) is 6.61 Å². The number of hydrogen-bond donors (Lipinski definition) is 1. The van der Waals surface area contributed by atoms with Crippen LogP contribution in [0.4, 0.5) is 4.79 Å². The summed E-state index contributed by atoms with van der Waals surface area (Å²) in [7, 11) is 1.60. The molecule has 1 aliphatic heterocycles. The second-order valence-electron chi connectivity index (χ2n) is 7.71. The van der Waals surface area contributed by atoms with E-state index in [1.165, 1.54) is 4.90 Å². The van der Waals surface area contributed by atoms with E-state index in [4.69, 9.17) is 4.74 Å². The maximum absolute atomic E-state index is 12.9. The third kappa shape index (κ3) is 4.91. The van der Waals surface area contributed by atoms with Gasteiger partial charge in [-0.25, -0.2) is 4.79 Å². The summed E-state index contributed by atoms with van der Waals surface area (Å²) >= 11 is 0. The Balaban J connectivity index is 1.55. The summed E-state index contributed by atoms with van der Waals surface area (Å²) in [5.74, 6) is -1.78. The molecule has 4 amide bonds. The number of nitrogens with zero attached hydrogens (tertiary/aromatic N) is 2. The molecular formula is C23H25N3O5. The molecule has 8 heteroatoms. The van der Waals surface area contributed by atoms with Crippen molar-refractivity contribution in [1.29, 1.82) is 0 Å². The van der Waals surface area contributed by atoms with Gasteiger partial charge in [-0.15, -0.1) is 0 Å². The van der Waals surface area contributed by atoms with Crippen molar-refractivity contribution in [2.45, 2.75) is 25.9 Å². The molecule has 162 valence electrons. The van der Waals surface area contributed by atoms with Gasteiger partial charge in [0, 0.05) is 13.6 Å². The van der Waals surface area contributed by atoms with Crippen LogP contribution in [0, 0.1) is 6.92 Å². The number of benzene rings is 2. The first-order valence-electron chi connectivity index (χ1n) is 9.85. The highest BCUT2D eigenvalue weighted by Gasteiger charge is 2.49. The molecule has 1 N–H and O–H groups in total. The molecule has 31 heavy (non-hydrogen) atoms. The minimum atomic E-state index is -1.27. The Labute approximate surface area is 180 Å². The van der Waals surface area contributed by atoms with Crippen LogP contribution in [0.1, 0.15) is 23.6 Å². The topological polar surface area (TPSA) is 96.0 Å². The molecule has 1 heterocycles. The van der Waals surface area contributed by atoms with Gasteiger partial charge in [0.2, 0.25) is 0 Å². The molecule has 0 bridgehead atoms. The summed E-state index contributed by atoms with van der Waals surface area (Å²) < 4.78 is 5.01. The van der Waals surface area contributed by atoms with Gasteiger partial charge in [-0.1, -0.05) is 60.2 Å². The minimum absolute atomic E-state index is 0.374. The molecule has 1 saturated heterocycles. The maximum atomic E-state index is 12.9. The number of hydrogen-bond acceptors (Lipinski definition) is 5. The Bertz CT molecular complexity index is 990. The summed E-state index contributed by atoms with van der Waals surface area (Å²) in [5.41, 5.74) is 1.31. The average molecular weight is 423 g/mol. The molecule has 0 spiro atoms. The molecule has 0 radical (unpaired) electrons. The van der Waals surface area contributed by atoms with Crippen molar-refractivity contribution in [3.8, 4) is 0 Å². The molecule has 1 fully saturated rings. The van der Waals surface area contributed by atoms with E-state index in [9.17, 15) is 19.2 Å². The molecule has 2 aromatic rings. The lowest BCUT2D eigenvalue weighted by Gasteiger charge is -2.22. The number of carbonyl (C=O) groups excluding carboxylic acids is 4. The lowest BCUT2D eigenvalue weighted by atomic mass is 9.91. The number of esters is 1. The van der Waals surface area contributed by atoms with Gasteiger partial charge in [-0.3, -0.25) is 19.3 Å². The van der Waals surface area contributed by atoms with Crippen LogP contribution in [0.2, 0.25) is 0 Å². The van der Waals surface area contributed by atoms with Crippen molar-refractivity contribution in [3.05, 3.63) is 71.3 Å². The van der Waals surface area contributed by atoms with Gasteiger partial charge in [0.1, 0.15) is 12.1 Å². The Hall–Kier alpha value is -3.68. The van der Waals surface area contributed by atoms with Crippen molar-refractivity contribution in [1.82, 2.24) is 15.1 Å². The summed E-state index contributed by atoms with van der Waals surface area (Å²) in [6, 6.07) is 15.9. The molecule has 8 nitrogen and oxygen atoms in total. The second kappa shape index (κ2) is 8.99. The number of imide groups is 1. The van der Waals surface area contributed by atoms with E-state index in [-0.39, 0.29) is 5.91 Å². The van der Waals surface area contributed by atoms with Crippen LogP contribution in [-0.4, -0.2) is 53.8 Å². The highest BCUT2D eigenvalue weighted by atomic mass is 16.5. The summed E-state index contributed by atoms with van der Waals surface area (Å²) in [6.45, 7) is 2.84. The number of amides is 4. The van der Waals surface area contributed by atoms with Crippen LogP contribution in [0.15, 0.2) is 54.6 Å². The average Bonchev–Trinajstić information content (AvgIpc) is 2.97. The number of urea groups is 1. The fraction of sp³-hybridized carbons (Fsp3) is 0.304. The first-order valence-corrected chi connectivity index (χ1v) is 9.85. The Morgan fingerprint density at radius 1 is 1.06 bits per heavy atom. The van der Waals surface area contributed by atoms with Crippen LogP contribution in [0.3, 0.4) is 0 Å². The summed E-state index contributed by atoms with van der Waals surface area (Å²) in [6.07, 6.45) is 0. The molecule has 0 saturated carbocycles. The zero-order chi connectivity index (χ0) is 22.6. The maximum Gasteiger partial charge on any atom is 0.326 e. The number of nitrogens with one attached hydrogen (secondary N) is 1. The van der Waals surface area contributed by atoms with E-state index >= 15 is 0 Å². The standard InChI is InChI=1S/C23H25N3O5/c1-16-9-11-18(12-10-16)23(2)21(29)26(22(30)24-23)14-20(28)31-15-19(27)25(3)13-17-7-5-4-6-8-17/h4-12H,13-15H2,1-3H3,(H,24,30)/t23-/m0/s1. The SMILES string of the molecule is Cc1ccc([C@]2(C)NC(=O)N(CC(=O)OCC(=O)N(C)Cc3ccccc3)C2=O)cc1. The van der Waals surface area contributed by atoms with Gasteiger partial charge in [-0.05, 0) is 25.0 Å². The normalized spacial score (nSPS) is 18.0. The van der Waals surface area contributed by atoms with Gasteiger partial charge in [0.25, 0.3) is 11.8 Å². The van der Waals surface area contributed by atoms with Crippen molar-refractivity contribution in [2.75, 3.05) is 20.2 Å². The van der Waals surface area contributed by atoms with Crippen LogP contribution < -0.4 is 5.32 Å². The van der Waals surface area contributed by atoms with Crippen LogP contribution in [-0.2, 0) is 31.2 Å². The third-order valence-electron chi connectivity index (χ3n) is 5.24. The number of ether oxygens (including phenoxy) is 1. The number of carbonyl (C=O) groups is 4. The predicted octanol–water partition coefficient (Wildman–Crippen LogP) is 1.96. The monoisotopic (exact) mass is 423 g/mol. The summed E-state index contributed by atoms with van der Waals surface area (Å²) in [4.78, 5) is 51.9. The molecular weight excluding hydrogens is 398 g/mol. The molecule has 0 aromatic heterocycles. The van der Waals surface area contributed by atoms with E-state index < -0.39 is 36.6 Å². The number of likely N-dealkylation sites (N-methyl/N-ethyl adjacent to an activating group) is 1. The van der Waals surface area contributed by atoms with E-state index in [0.29, 0.717) is 12.1 Å². The Kier molecular flexibility index (Phi) is 6.39. The number of rotatable bonds is 7. The zero-order valence-corrected chi connectivity index (χ0v) is 17.8. The molecule has 1 atom stereocenters. The second-order valence-corrected chi connectivity index (χ2v) is 7.71. The van der Waals surface area contributed by atoms with Crippen LogP contribution in [0.25, 0.3) is 0 Å². The highest BCUT2D eigenvalue weighted by Crippen LogP contribution is 2.28. The first kappa shape index (κ1) is 22.0. The minimum Gasteiger partial charge on any atom is -0.454 e. The van der Waals surface area contributed by atoms with E-state index in [1.807, 2.05) is 49.4 Å². The van der Waals surface area contributed by atoms with Gasteiger partial charge in [-0.2, -0.15) is 0 Å². The van der Waals surface area contributed by atoms with Crippen LogP contribution >= 0.6 is 0 Å². The Morgan fingerprint density at radius 3 is 2.35 bits per heavy atom. The third-order valence-corrected chi connectivity index (χ3v) is 5.24. The number of aryl methyl sites for hydroxylation is 1. The van der Waals surface area contributed by atoms with Crippen molar-refractivity contribution >= 4 is 23.8 Å². The van der Waals surface area contributed by atoms with E-state index in [2.05, 4.69) is 5.32 Å². The van der Waals surface area contributed by atoms with Crippen LogP contribution in [0.5, 0.6) is 0 Å². The largest absolute Gasteiger partial charge is 0.454 e. The van der Waals surface area contributed by atoms with Crippen molar-refractivity contribution in [2.24, 2.45) is 0 Å². The highest BCUT2D eigenvalue weighted by molar-refractivity contribution is 6.08. The van der Waals surface area contributed by atoms with Gasteiger partial charge >= 0.3 is 12.0 Å². The van der Waals surface area contributed by atoms with E-state index in [1.54, 1.807) is 26.1 Å². The fourth-order valence-electron chi connectivity index (χ4n) is 3.30. The lowest BCUT2D eigenvalue weighted by molar-refractivity contribution is -0.153. The molecule has 3 rings (SSSR count). The van der Waals surface area contributed by atoms with Gasteiger partial charge in [0.05, 0.1) is 0 Å². The Morgan fingerprint density at radius 2 is 1.71 bits per heavy atom. The smallest absolute Gasteiger partial charge is 0.326 e. The fourth-order valence-corrected chi connectivity index (χ4v) is 3.30. The predicted molar refractivity (Wildman–Crippen MR) is 113 cm³/mol. The molecule has 0 aliphatic carbocycles. The van der Waals surface area contributed by atoms with Crippen molar-refractivity contribution in [3.63, 3.8) is 0 Å². The zero-order valence-electron chi connectivity index (χ0n) is 17.8. The first-order chi connectivity index (χ1) is 14.7. The molecule has 1 aliphatic rings.